The zero-order chi connectivity index (χ0) is 19.1. The molecule has 150 valence electrons. The van der Waals surface area contributed by atoms with Crippen molar-refractivity contribution in [2.24, 2.45) is 4.99 Å². The summed E-state index contributed by atoms with van der Waals surface area (Å²) in [5, 5.41) is 11.7. The maximum absolute atomic E-state index is 13.1. The van der Waals surface area contributed by atoms with Gasteiger partial charge in [0.2, 0.25) is 0 Å². The summed E-state index contributed by atoms with van der Waals surface area (Å²) >= 11 is 0. The van der Waals surface area contributed by atoms with Gasteiger partial charge in [-0.05, 0) is 43.2 Å². The van der Waals surface area contributed by atoms with Crippen LogP contribution in [0.3, 0.4) is 0 Å². The fourth-order valence-electron chi connectivity index (χ4n) is 2.89. The monoisotopic (exact) mass is 496 g/mol. The van der Waals surface area contributed by atoms with Gasteiger partial charge in [-0.1, -0.05) is 18.2 Å². The van der Waals surface area contributed by atoms with Gasteiger partial charge in [0.1, 0.15) is 11.6 Å². The van der Waals surface area contributed by atoms with Crippen LogP contribution < -0.4 is 5.32 Å². The highest BCUT2D eigenvalue weighted by Gasteiger charge is 2.07. The number of guanidine groups is 1. The minimum atomic E-state index is -0.219. The SMILES string of the molecule is CCNC(=NCCCc1nnc2ccccn12)N(C)Cc1ccc(F)cc1.I. The first-order chi connectivity index (χ1) is 13.2. The van der Waals surface area contributed by atoms with Gasteiger partial charge in [0.15, 0.2) is 11.6 Å². The molecule has 0 aliphatic rings. The van der Waals surface area contributed by atoms with Crippen LogP contribution in [0.2, 0.25) is 0 Å². The molecule has 3 rings (SSSR count). The van der Waals surface area contributed by atoms with Crippen molar-refractivity contribution in [1.82, 2.24) is 24.8 Å². The van der Waals surface area contributed by atoms with Crippen molar-refractivity contribution in [1.29, 1.82) is 0 Å². The highest BCUT2D eigenvalue weighted by atomic mass is 127. The lowest BCUT2D eigenvalue weighted by atomic mass is 10.2. The van der Waals surface area contributed by atoms with E-state index in [1.54, 1.807) is 12.1 Å². The number of benzene rings is 1. The first-order valence-corrected chi connectivity index (χ1v) is 9.20. The molecule has 8 heteroatoms. The summed E-state index contributed by atoms with van der Waals surface area (Å²) in [6.07, 6.45) is 3.68. The first kappa shape index (κ1) is 22.1. The Labute approximate surface area is 181 Å². The first-order valence-electron chi connectivity index (χ1n) is 9.20. The minimum Gasteiger partial charge on any atom is -0.357 e. The van der Waals surface area contributed by atoms with Gasteiger partial charge in [-0.2, -0.15) is 0 Å². The lowest BCUT2D eigenvalue weighted by Crippen LogP contribution is -2.38. The zero-order valence-corrected chi connectivity index (χ0v) is 18.5. The van der Waals surface area contributed by atoms with E-state index in [0.29, 0.717) is 13.1 Å². The van der Waals surface area contributed by atoms with Gasteiger partial charge >= 0.3 is 0 Å². The Morgan fingerprint density at radius 1 is 1.18 bits per heavy atom. The Kier molecular flexibility index (Phi) is 8.62. The van der Waals surface area contributed by atoms with E-state index in [1.807, 2.05) is 47.7 Å². The predicted octanol–water partition coefficient (Wildman–Crippen LogP) is 3.52. The standard InChI is InChI=1S/C20H25FN6.HI/c1-3-22-20(26(2)15-16-9-11-17(21)12-10-16)23-13-6-8-19-25-24-18-7-4-5-14-27(18)19;/h4-5,7,9-12,14H,3,6,8,13,15H2,1-2H3,(H,22,23);1H. The molecule has 0 unspecified atom stereocenters. The van der Waals surface area contributed by atoms with E-state index in [4.69, 9.17) is 4.99 Å². The molecule has 2 heterocycles. The van der Waals surface area contributed by atoms with E-state index in [1.165, 1.54) is 12.1 Å². The van der Waals surface area contributed by atoms with Crippen molar-refractivity contribution >= 4 is 35.6 Å². The van der Waals surface area contributed by atoms with E-state index >= 15 is 0 Å². The van der Waals surface area contributed by atoms with Crippen molar-refractivity contribution in [3.63, 3.8) is 0 Å². The van der Waals surface area contributed by atoms with E-state index in [2.05, 4.69) is 15.5 Å². The molecule has 0 amide bonds. The number of rotatable bonds is 7. The number of fused-ring (bicyclic) bond motifs is 1. The summed E-state index contributed by atoms with van der Waals surface area (Å²) in [5.41, 5.74) is 1.91. The normalized spacial score (nSPS) is 11.3. The fourth-order valence-corrected chi connectivity index (χ4v) is 2.89. The van der Waals surface area contributed by atoms with Crippen LogP contribution in [0.4, 0.5) is 4.39 Å². The summed E-state index contributed by atoms with van der Waals surface area (Å²) in [6.45, 7) is 4.20. The van der Waals surface area contributed by atoms with E-state index < -0.39 is 0 Å². The summed E-state index contributed by atoms with van der Waals surface area (Å²) in [6, 6.07) is 12.4. The molecule has 3 aromatic rings. The number of aromatic nitrogens is 3. The molecule has 0 atom stereocenters. The Hall–Kier alpha value is -2.23. The Bertz CT molecular complexity index is 893. The van der Waals surface area contributed by atoms with Crippen LogP contribution in [0, 0.1) is 5.82 Å². The van der Waals surface area contributed by atoms with Gasteiger partial charge in [-0.15, -0.1) is 34.2 Å². The van der Waals surface area contributed by atoms with Crippen LogP contribution in [-0.2, 0) is 13.0 Å². The van der Waals surface area contributed by atoms with Crippen LogP contribution in [0.1, 0.15) is 24.7 Å². The number of nitrogens with one attached hydrogen (secondary N) is 1. The van der Waals surface area contributed by atoms with Crippen LogP contribution in [-0.4, -0.2) is 45.6 Å². The van der Waals surface area contributed by atoms with Gasteiger partial charge in [0, 0.05) is 39.3 Å². The molecule has 0 bridgehead atoms. The van der Waals surface area contributed by atoms with Crippen LogP contribution >= 0.6 is 24.0 Å². The predicted molar refractivity (Wildman–Crippen MR) is 121 cm³/mol. The molecule has 0 aliphatic heterocycles. The van der Waals surface area contributed by atoms with Gasteiger partial charge in [-0.3, -0.25) is 9.39 Å². The van der Waals surface area contributed by atoms with E-state index in [-0.39, 0.29) is 29.8 Å². The van der Waals surface area contributed by atoms with Crippen LogP contribution in [0.5, 0.6) is 0 Å². The average Bonchev–Trinajstić information content (AvgIpc) is 3.09. The number of nitrogens with zero attached hydrogens (tertiary/aromatic N) is 5. The van der Waals surface area contributed by atoms with Crippen molar-refractivity contribution in [3.05, 3.63) is 65.9 Å². The van der Waals surface area contributed by atoms with Gasteiger partial charge in [0.25, 0.3) is 0 Å². The third-order valence-electron chi connectivity index (χ3n) is 4.23. The number of aliphatic imine (C=N–C) groups is 1. The molecular weight excluding hydrogens is 470 g/mol. The molecule has 0 fully saturated rings. The molecule has 0 saturated carbocycles. The van der Waals surface area contributed by atoms with Gasteiger partial charge in [0.05, 0.1) is 0 Å². The summed E-state index contributed by atoms with van der Waals surface area (Å²) in [7, 11) is 1.98. The van der Waals surface area contributed by atoms with E-state index in [9.17, 15) is 4.39 Å². The summed E-state index contributed by atoms with van der Waals surface area (Å²) in [5.74, 6) is 1.57. The van der Waals surface area contributed by atoms with Crippen molar-refractivity contribution in [2.75, 3.05) is 20.1 Å². The topological polar surface area (TPSA) is 57.8 Å². The molecular formula is C20H26FIN6. The van der Waals surface area contributed by atoms with Crippen molar-refractivity contribution < 1.29 is 4.39 Å². The Balaban J connectivity index is 0.00000280. The fraction of sp³-hybridized carbons (Fsp3) is 0.350. The molecule has 6 nitrogen and oxygen atoms in total. The molecule has 0 aliphatic carbocycles. The lowest BCUT2D eigenvalue weighted by Gasteiger charge is -2.22. The second kappa shape index (κ2) is 10.9. The van der Waals surface area contributed by atoms with Crippen LogP contribution in [0.25, 0.3) is 5.65 Å². The molecule has 0 spiro atoms. The zero-order valence-electron chi connectivity index (χ0n) is 16.2. The molecule has 2 aromatic heterocycles. The minimum absolute atomic E-state index is 0. The third kappa shape index (κ3) is 5.88. The largest absolute Gasteiger partial charge is 0.357 e. The average molecular weight is 496 g/mol. The van der Waals surface area contributed by atoms with Crippen molar-refractivity contribution in [2.45, 2.75) is 26.3 Å². The van der Waals surface area contributed by atoms with Crippen molar-refractivity contribution in [3.8, 4) is 0 Å². The smallest absolute Gasteiger partial charge is 0.193 e. The number of hydrogen-bond acceptors (Lipinski definition) is 3. The maximum Gasteiger partial charge on any atom is 0.193 e. The Morgan fingerprint density at radius 2 is 1.96 bits per heavy atom. The quantitative estimate of drug-likeness (QED) is 0.236. The number of pyridine rings is 1. The number of hydrogen-bond donors (Lipinski definition) is 1. The van der Waals surface area contributed by atoms with E-state index in [0.717, 1.165) is 42.4 Å². The second-order valence-electron chi connectivity index (χ2n) is 6.37. The summed E-state index contributed by atoms with van der Waals surface area (Å²) < 4.78 is 15.1. The maximum atomic E-state index is 13.1. The molecule has 28 heavy (non-hydrogen) atoms. The molecule has 1 aromatic carbocycles. The van der Waals surface area contributed by atoms with Gasteiger partial charge < -0.3 is 10.2 Å². The third-order valence-corrected chi connectivity index (χ3v) is 4.23. The second-order valence-corrected chi connectivity index (χ2v) is 6.37. The van der Waals surface area contributed by atoms with Crippen LogP contribution in [0.15, 0.2) is 53.7 Å². The lowest BCUT2D eigenvalue weighted by molar-refractivity contribution is 0.476. The molecule has 0 radical (unpaired) electrons. The highest BCUT2D eigenvalue weighted by molar-refractivity contribution is 14.0. The molecule has 1 N–H and O–H groups in total. The Morgan fingerprint density at radius 3 is 2.71 bits per heavy atom. The highest BCUT2D eigenvalue weighted by Crippen LogP contribution is 2.07. The number of aryl methyl sites for hydroxylation is 1. The molecule has 0 saturated heterocycles. The van der Waals surface area contributed by atoms with Gasteiger partial charge in [-0.25, -0.2) is 4.39 Å². The summed E-state index contributed by atoms with van der Waals surface area (Å²) in [4.78, 5) is 6.75. The number of halogens is 2.